The van der Waals surface area contributed by atoms with Gasteiger partial charge < -0.3 is 10.2 Å². The molecule has 1 aromatic heterocycles. The molecule has 0 atom stereocenters. The zero-order valence-corrected chi connectivity index (χ0v) is 13.6. The summed E-state index contributed by atoms with van der Waals surface area (Å²) >= 11 is 0. The maximum absolute atomic E-state index is 9.53. The number of rotatable bonds is 1. The number of hydrogen-bond donors (Lipinski definition) is 2. The number of aromatic amines is 1. The molecule has 4 aromatic rings. The molecule has 1 heterocycles. The van der Waals surface area contributed by atoms with Gasteiger partial charge in [-0.3, -0.25) is 0 Å². The Morgan fingerprint density at radius 3 is 2.48 bits per heavy atom. The second kappa shape index (κ2) is 5.05. The fraction of sp³-hybridized carbons (Fsp3) is 0.0476. The van der Waals surface area contributed by atoms with Gasteiger partial charge in [0.05, 0.1) is 11.0 Å². The minimum absolute atomic E-state index is 0.611. The number of imidazole rings is 1. The fourth-order valence-electron chi connectivity index (χ4n) is 3.65. The third kappa shape index (κ3) is 1.94. The minimum atomic E-state index is 0.611. The summed E-state index contributed by atoms with van der Waals surface area (Å²) in [6.45, 7) is 2.07. The van der Waals surface area contributed by atoms with Gasteiger partial charge in [-0.15, -0.1) is 0 Å². The Kier molecular flexibility index (Phi) is 2.82. The molecule has 120 valence electrons. The van der Waals surface area contributed by atoms with Crippen molar-refractivity contribution in [2.45, 2.75) is 6.92 Å². The molecule has 4 heteroatoms. The predicted molar refractivity (Wildman–Crippen MR) is 99.1 cm³/mol. The summed E-state index contributed by atoms with van der Waals surface area (Å²) in [5, 5.41) is 13.1. The standard InChI is InChI=1S/C21H15N3O/c1-12-9-10-17-18(11-12)23-21(22-17)16-8-4-7-15-19(16)13-5-2-3-6-14(13)20(15)24-25/h2-11,25H,1H3,(H,22,23)/b24-20+. The van der Waals surface area contributed by atoms with Crippen LogP contribution in [0, 0.1) is 6.92 Å². The van der Waals surface area contributed by atoms with Gasteiger partial charge in [0.25, 0.3) is 0 Å². The average Bonchev–Trinajstić information content (AvgIpc) is 3.19. The summed E-state index contributed by atoms with van der Waals surface area (Å²) in [5.74, 6) is 0.825. The third-order valence-electron chi connectivity index (χ3n) is 4.76. The largest absolute Gasteiger partial charge is 0.410 e. The van der Waals surface area contributed by atoms with Gasteiger partial charge in [-0.05, 0) is 30.2 Å². The van der Waals surface area contributed by atoms with Gasteiger partial charge in [-0.25, -0.2) is 4.98 Å². The number of benzene rings is 3. The molecule has 25 heavy (non-hydrogen) atoms. The van der Waals surface area contributed by atoms with E-state index in [2.05, 4.69) is 41.3 Å². The molecule has 4 nitrogen and oxygen atoms in total. The lowest BCUT2D eigenvalue weighted by atomic mass is 9.99. The number of nitrogens with one attached hydrogen (secondary N) is 1. The molecule has 0 saturated heterocycles. The molecule has 0 amide bonds. The van der Waals surface area contributed by atoms with Crippen molar-refractivity contribution in [3.05, 3.63) is 77.4 Å². The van der Waals surface area contributed by atoms with E-state index in [9.17, 15) is 5.21 Å². The number of hydrogen-bond acceptors (Lipinski definition) is 3. The lowest BCUT2D eigenvalue weighted by molar-refractivity contribution is 0.320. The van der Waals surface area contributed by atoms with Crippen LogP contribution < -0.4 is 0 Å². The zero-order chi connectivity index (χ0) is 17.0. The molecule has 0 spiro atoms. The molecule has 0 unspecified atom stereocenters. The van der Waals surface area contributed by atoms with Crippen molar-refractivity contribution < 1.29 is 5.21 Å². The van der Waals surface area contributed by atoms with Gasteiger partial charge >= 0.3 is 0 Å². The summed E-state index contributed by atoms with van der Waals surface area (Å²) < 4.78 is 0. The molecule has 2 N–H and O–H groups in total. The van der Waals surface area contributed by atoms with Crippen LogP contribution in [0.4, 0.5) is 0 Å². The molecule has 3 aromatic carbocycles. The number of aryl methyl sites for hydroxylation is 1. The molecular weight excluding hydrogens is 310 g/mol. The lowest BCUT2D eigenvalue weighted by Crippen LogP contribution is -1.97. The van der Waals surface area contributed by atoms with Crippen LogP contribution in [0.5, 0.6) is 0 Å². The van der Waals surface area contributed by atoms with E-state index in [1.165, 1.54) is 5.56 Å². The number of H-pyrrole nitrogens is 1. The molecule has 0 fully saturated rings. The maximum Gasteiger partial charge on any atom is 0.139 e. The van der Waals surface area contributed by atoms with Crippen LogP contribution in [0.2, 0.25) is 0 Å². The van der Waals surface area contributed by atoms with E-state index >= 15 is 0 Å². The van der Waals surface area contributed by atoms with E-state index in [1.807, 2.05) is 36.4 Å². The molecular formula is C21H15N3O. The maximum atomic E-state index is 9.53. The van der Waals surface area contributed by atoms with Gasteiger partial charge in [-0.2, -0.15) is 0 Å². The number of oxime groups is 1. The van der Waals surface area contributed by atoms with Crippen molar-refractivity contribution in [1.29, 1.82) is 0 Å². The second-order valence-electron chi connectivity index (χ2n) is 6.33. The van der Waals surface area contributed by atoms with Gasteiger partial charge in [0.2, 0.25) is 0 Å². The Morgan fingerprint density at radius 2 is 1.64 bits per heavy atom. The van der Waals surface area contributed by atoms with E-state index in [-0.39, 0.29) is 0 Å². The van der Waals surface area contributed by atoms with Crippen molar-refractivity contribution in [2.24, 2.45) is 5.16 Å². The molecule has 0 radical (unpaired) electrons. The molecule has 0 saturated carbocycles. The quantitative estimate of drug-likeness (QED) is 0.345. The van der Waals surface area contributed by atoms with Crippen LogP contribution in [0.3, 0.4) is 0 Å². The third-order valence-corrected chi connectivity index (χ3v) is 4.76. The Hall–Kier alpha value is -3.40. The number of nitrogens with zero attached hydrogens (tertiary/aromatic N) is 2. The summed E-state index contributed by atoms with van der Waals surface area (Å²) in [7, 11) is 0. The highest BCUT2D eigenvalue weighted by Crippen LogP contribution is 2.42. The average molecular weight is 325 g/mol. The normalized spacial score (nSPS) is 14.0. The van der Waals surface area contributed by atoms with Crippen LogP contribution in [0.25, 0.3) is 33.5 Å². The van der Waals surface area contributed by atoms with Gasteiger partial charge in [0, 0.05) is 22.3 Å². The van der Waals surface area contributed by atoms with Crippen molar-refractivity contribution in [3.63, 3.8) is 0 Å². The first-order chi connectivity index (χ1) is 12.3. The zero-order valence-electron chi connectivity index (χ0n) is 13.6. The SMILES string of the molecule is Cc1ccc2nc(-c3cccc4c3-c3ccccc3/C4=N\O)[nH]c2c1. The smallest absolute Gasteiger partial charge is 0.139 e. The van der Waals surface area contributed by atoms with Crippen LogP contribution in [-0.2, 0) is 0 Å². The molecule has 0 bridgehead atoms. The fourth-order valence-corrected chi connectivity index (χ4v) is 3.65. The van der Waals surface area contributed by atoms with Crippen LogP contribution in [0.1, 0.15) is 16.7 Å². The first-order valence-corrected chi connectivity index (χ1v) is 8.18. The molecule has 1 aliphatic carbocycles. The summed E-state index contributed by atoms with van der Waals surface area (Å²) in [6.07, 6.45) is 0. The van der Waals surface area contributed by atoms with E-state index in [0.29, 0.717) is 5.71 Å². The Morgan fingerprint density at radius 1 is 0.880 bits per heavy atom. The first kappa shape index (κ1) is 14.0. The van der Waals surface area contributed by atoms with Crippen LogP contribution >= 0.6 is 0 Å². The highest BCUT2D eigenvalue weighted by molar-refractivity contribution is 6.26. The molecule has 1 aliphatic rings. The van der Waals surface area contributed by atoms with E-state index < -0.39 is 0 Å². The monoisotopic (exact) mass is 325 g/mol. The van der Waals surface area contributed by atoms with Gasteiger partial charge in [0.15, 0.2) is 0 Å². The van der Waals surface area contributed by atoms with Crippen molar-refractivity contribution in [3.8, 4) is 22.5 Å². The predicted octanol–water partition coefficient (Wildman–Crippen LogP) is 4.75. The first-order valence-electron chi connectivity index (χ1n) is 8.18. The Labute approximate surface area is 144 Å². The molecule has 5 rings (SSSR count). The lowest BCUT2D eigenvalue weighted by Gasteiger charge is -2.06. The van der Waals surface area contributed by atoms with E-state index in [0.717, 1.165) is 44.7 Å². The number of fused-ring (bicyclic) bond motifs is 4. The summed E-state index contributed by atoms with van der Waals surface area (Å²) in [6, 6.07) is 20.2. The van der Waals surface area contributed by atoms with Crippen molar-refractivity contribution >= 4 is 16.7 Å². The van der Waals surface area contributed by atoms with Crippen LogP contribution in [-0.4, -0.2) is 20.9 Å². The van der Waals surface area contributed by atoms with Crippen LogP contribution in [0.15, 0.2) is 65.8 Å². The highest BCUT2D eigenvalue weighted by Gasteiger charge is 2.28. The Bertz CT molecular complexity index is 1170. The summed E-state index contributed by atoms with van der Waals surface area (Å²) in [4.78, 5) is 8.20. The van der Waals surface area contributed by atoms with E-state index in [4.69, 9.17) is 4.98 Å². The molecule has 0 aliphatic heterocycles. The van der Waals surface area contributed by atoms with Gasteiger partial charge in [0.1, 0.15) is 11.5 Å². The van der Waals surface area contributed by atoms with Crippen molar-refractivity contribution in [1.82, 2.24) is 9.97 Å². The van der Waals surface area contributed by atoms with E-state index in [1.54, 1.807) is 0 Å². The highest BCUT2D eigenvalue weighted by atomic mass is 16.4. The number of aromatic nitrogens is 2. The topological polar surface area (TPSA) is 61.3 Å². The Balaban J connectivity index is 1.82. The summed E-state index contributed by atoms with van der Waals surface area (Å²) in [5.41, 5.74) is 8.78. The van der Waals surface area contributed by atoms with Gasteiger partial charge in [-0.1, -0.05) is 53.7 Å². The second-order valence-corrected chi connectivity index (χ2v) is 6.33. The van der Waals surface area contributed by atoms with Crippen molar-refractivity contribution in [2.75, 3.05) is 0 Å². The minimum Gasteiger partial charge on any atom is -0.410 e.